The van der Waals surface area contributed by atoms with Crippen LogP contribution in [0.25, 0.3) is 21.9 Å². The fourth-order valence-electron chi connectivity index (χ4n) is 5.12. The molecule has 1 fully saturated rings. The molecule has 0 saturated carbocycles. The number of hydrogen-bond donors (Lipinski definition) is 2. The van der Waals surface area contributed by atoms with Crippen molar-refractivity contribution >= 4 is 61.3 Å². The number of nitrogens with zero attached hydrogens (tertiary/aromatic N) is 5. The molecule has 1 saturated heterocycles. The number of likely N-dealkylation sites (tertiary alicyclic amines) is 1. The lowest BCUT2D eigenvalue weighted by Gasteiger charge is -2.29. The van der Waals surface area contributed by atoms with E-state index in [1.54, 1.807) is 23.1 Å². The average Bonchev–Trinajstić information content (AvgIpc) is 3.33. The Labute approximate surface area is 217 Å². The number of pyridine rings is 1. The second kappa shape index (κ2) is 9.50. The molecule has 0 unspecified atom stereocenters. The molecule has 2 amide bonds. The van der Waals surface area contributed by atoms with Gasteiger partial charge < -0.3 is 20.5 Å². The van der Waals surface area contributed by atoms with Crippen LogP contribution in [-0.2, 0) is 22.6 Å². The van der Waals surface area contributed by atoms with E-state index in [2.05, 4.69) is 56.1 Å². The van der Waals surface area contributed by atoms with E-state index in [9.17, 15) is 9.59 Å². The Hall–Kier alpha value is -3.53. The highest BCUT2D eigenvalue weighted by Gasteiger charge is 2.43. The molecule has 0 spiro atoms. The second-order valence-corrected chi connectivity index (χ2v) is 10.2. The van der Waals surface area contributed by atoms with Gasteiger partial charge in [-0.25, -0.2) is 15.0 Å². The number of aryl methyl sites for hydroxylation is 1. The zero-order valence-corrected chi connectivity index (χ0v) is 22.0. The number of anilines is 2. The van der Waals surface area contributed by atoms with Crippen molar-refractivity contribution in [3.8, 4) is 0 Å². The number of carbonyl (C=O) groups is 2. The van der Waals surface area contributed by atoms with Crippen molar-refractivity contribution in [1.82, 2.24) is 24.4 Å². The average molecular weight is 550 g/mol. The highest BCUT2D eigenvalue weighted by Crippen LogP contribution is 2.34. The third-order valence-electron chi connectivity index (χ3n) is 7.19. The minimum atomic E-state index is -0.595. The van der Waals surface area contributed by atoms with Crippen LogP contribution in [0.1, 0.15) is 32.8 Å². The third-order valence-corrected chi connectivity index (χ3v) is 7.63. The molecule has 0 bridgehead atoms. The molecule has 0 radical (unpaired) electrons. The van der Waals surface area contributed by atoms with Crippen molar-refractivity contribution in [3.63, 3.8) is 0 Å². The Balaban J connectivity index is 1.49. The van der Waals surface area contributed by atoms with Gasteiger partial charge in [-0.2, -0.15) is 0 Å². The van der Waals surface area contributed by atoms with E-state index in [4.69, 9.17) is 5.73 Å². The van der Waals surface area contributed by atoms with Gasteiger partial charge in [-0.1, -0.05) is 26.0 Å². The summed E-state index contributed by atoms with van der Waals surface area (Å²) in [6.45, 7) is 6.19. The summed E-state index contributed by atoms with van der Waals surface area (Å²) < 4.78 is 2.51. The van der Waals surface area contributed by atoms with Crippen molar-refractivity contribution < 1.29 is 9.59 Å². The SMILES string of the molecule is CCc1ccc2c(c1)c1c(N)ncnc1n2CC(=O)N1[C@H](C)[C@H](C)C[C@H]1C(=O)Nc1cccc(Br)n1. The predicted octanol–water partition coefficient (Wildman–Crippen LogP) is 4.15. The number of halogens is 1. The van der Waals surface area contributed by atoms with Gasteiger partial charge in [-0.05, 0) is 71.4 Å². The first kappa shape index (κ1) is 24.2. The molecular weight excluding hydrogens is 522 g/mol. The smallest absolute Gasteiger partial charge is 0.248 e. The molecule has 10 heteroatoms. The maximum Gasteiger partial charge on any atom is 0.248 e. The zero-order valence-electron chi connectivity index (χ0n) is 20.4. The molecule has 1 aromatic carbocycles. The first-order valence-electron chi connectivity index (χ1n) is 12.0. The van der Waals surface area contributed by atoms with Crippen LogP contribution in [0.3, 0.4) is 0 Å². The summed E-state index contributed by atoms with van der Waals surface area (Å²) in [6.07, 6.45) is 2.87. The summed E-state index contributed by atoms with van der Waals surface area (Å²) in [7, 11) is 0. The Morgan fingerprint density at radius 3 is 2.75 bits per heavy atom. The molecule has 36 heavy (non-hydrogen) atoms. The van der Waals surface area contributed by atoms with E-state index in [1.807, 2.05) is 23.6 Å². The zero-order chi connectivity index (χ0) is 25.6. The maximum absolute atomic E-state index is 13.8. The van der Waals surface area contributed by atoms with E-state index in [0.717, 1.165) is 28.3 Å². The highest BCUT2D eigenvalue weighted by atomic mass is 79.9. The standard InChI is InChI=1S/C26H28BrN7O2/c1-4-16-8-9-18-17(11-16)23-24(28)29-13-30-25(23)33(18)12-22(35)34-15(3)14(2)10-19(34)26(36)32-21-7-5-6-20(27)31-21/h5-9,11,13-15,19H,4,10,12H2,1-3H3,(H2,28,29,30)(H,31,32,36)/t14-,15-,19+/m1/s1. The lowest BCUT2D eigenvalue weighted by atomic mass is 10.0. The summed E-state index contributed by atoms with van der Waals surface area (Å²) in [5.74, 6) is 0.598. The first-order valence-corrected chi connectivity index (χ1v) is 12.8. The summed E-state index contributed by atoms with van der Waals surface area (Å²) in [4.78, 5) is 41.7. The van der Waals surface area contributed by atoms with Crippen molar-refractivity contribution in [1.29, 1.82) is 0 Å². The van der Waals surface area contributed by atoms with Gasteiger partial charge in [0.1, 0.15) is 40.8 Å². The molecule has 9 nitrogen and oxygen atoms in total. The number of hydrogen-bond acceptors (Lipinski definition) is 6. The molecule has 4 aromatic rings. The van der Waals surface area contributed by atoms with Gasteiger partial charge in [-0.15, -0.1) is 0 Å². The number of rotatable bonds is 5. The van der Waals surface area contributed by atoms with E-state index >= 15 is 0 Å². The normalized spacial score (nSPS) is 19.8. The summed E-state index contributed by atoms with van der Waals surface area (Å²) in [5.41, 5.74) is 8.88. The van der Waals surface area contributed by atoms with Crippen LogP contribution in [0.5, 0.6) is 0 Å². The first-order chi connectivity index (χ1) is 17.3. The molecule has 3 atom stereocenters. The van der Waals surface area contributed by atoms with Crippen LogP contribution >= 0.6 is 15.9 Å². The van der Waals surface area contributed by atoms with E-state index in [1.165, 1.54) is 6.33 Å². The molecule has 3 N–H and O–H groups in total. The highest BCUT2D eigenvalue weighted by molar-refractivity contribution is 9.10. The van der Waals surface area contributed by atoms with Gasteiger partial charge >= 0.3 is 0 Å². The van der Waals surface area contributed by atoms with Crippen LogP contribution in [-0.4, -0.2) is 48.3 Å². The van der Waals surface area contributed by atoms with Crippen molar-refractivity contribution in [2.75, 3.05) is 11.1 Å². The topological polar surface area (TPSA) is 119 Å². The van der Waals surface area contributed by atoms with Crippen LogP contribution in [0, 0.1) is 5.92 Å². The number of nitrogen functional groups attached to an aromatic ring is 1. The van der Waals surface area contributed by atoms with Crippen LogP contribution in [0.2, 0.25) is 0 Å². The molecule has 3 aromatic heterocycles. The third kappa shape index (κ3) is 4.19. The van der Waals surface area contributed by atoms with Gasteiger partial charge in [0.15, 0.2) is 0 Å². The molecule has 4 heterocycles. The number of nitrogens with one attached hydrogen (secondary N) is 1. The number of benzene rings is 1. The van der Waals surface area contributed by atoms with E-state index in [-0.39, 0.29) is 30.3 Å². The summed E-state index contributed by atoms with van der Waals surface area (Å²) in [6, 6.07) is 10.8. The van der Waals surface area contributed by atoms with Crippen molar-refractivity contribution in [2.24, 2.45) is 5.92 Å². The molecule has 1 aliphatic heterocycles. The van der Waals surface area contributed by atoms with Crippen LogP contribution < -0.4 is 11.1 Å². The van der Waals surface area contributed by atoms with Gasteiger partial charge in [0.25, 0.3) is 0 Å². The minimum absolute atomic E-state index is 0.0396. The Kier molecular flexibility index (Phi) is 6.38. The van der Waals surface area contributed by atoms with Crippen LogP contribution in [0.4, 0.5) is 11.6 Å². The quantitative estimate of drug-likeness (QED) is 0.361. The van der Waals surface area contributed by atoms with E-state index < -0.39 is 6.04 Å². The number of aromatic nitrogens is 4. The number of carbonyl (C=O) groups excluding carboxylic acids is 2. The van der Waals surface area contributed by atoms with Gasteiger partial charge in [0.05, 0.1) is 10.9 Å². The van der Waals surface area contributed by atoms with Gasteiger partial charge in [-0.3, -0.25) is 9.59 Å². The van der Waals surface area contributed by atoms with Crippen molar-refractivity contribution in [3.05, 3.63) is 52.9 Å². The fraction of sp³-hybridized carbons (Fsp3) is 0.346. The van der Waals surface area contributed by atoms with Crippen molar-refractivity contribution in [2.45, 2.75) is 52.2 Å². The Morgan fingerprint density at radius 1 is 1.19 bits per heavy atom. The molecular formula is C26H28BrN7O2. The summed E-state index contributed by atoms with van der Waals surface area (Å²) >= 11 is 3.33. The second-order valence-electron chi connectivity index (χ2n) is 9.35. The molecule has 0 aliphatic carbocycles. The lowest BCUT2D eigenvalue weighted by molar-refractivity contribution is -0.139. The van der Waals surface area contributed by atoms with Crippen LogP contribution in [0.15, 0.2) is 47.3 Å². The predicted molar refractivity (Wildman–Crippen MR) is 143 cm³/mol. The van der Waals surface area contributed by atoms with Gasteiger partial charge in [0, 0.05) is 11.4 Å². The molecule has 186 valence electrons. The van der Waals surface area contributed by atoms with Gasteiger partial charge in [0.2, 0.25) is 11.8 Å². The minimum Gasteiger partial charge on any atom is -0.383 e. The Bertz CT molecular complexity index is 1480. The Morgan fingerprint density at radius 2 is 2.00 bits per heavy atom. The number of amides is 2. The maximum atomic E-state index is 13.8. The monoisotopic (exact) mass is 549 g/mol. The number of fused-ring (bicyclic) bond motifs is 3. The molecule has 5 rings (SSSR count). The molecule has 1 aliphatic rings. The summed E-state index contributed by atoms with van der Waals surface area (Å²) in [5, 5.41) is 4.54. The lowest BCUT2D eigenvalue weighted by Crippen LogP contribution is -2.47. The largest absolute Gasteiger partial charge is 0.383 e. The van der Waals surface area contributed by atoms with E-state index in [0.29, 0.717) is 28.3 Å². The fourth-order valence-corrected chi connectivity index (χ4v) is 5.47. The number of nitrogens with two attached hydrogens (primary N) is 1.